The summed E-state index contributed by atoms with van der Waals surface area (Å²) in [5.41, 5.74) is 2.50. The standard InChI is InChI=1S/C24H18ClNO3S/c1-15-7-11-17(12-8-15)26-23(27)21(19-5-3-4-6-20(19)29-2)22(24(26)28)30-18-13-9-16(25)10-14-18/h3-14H,1-2H3. The van der Waals surface area contributed by atoms with Crippen LogP contribution in [0.25, 0.3) is 5.57 Å². The second kappa shape index (κ2) is 8.38. The molecule has 2 amide bonds. The lowest BCUT2D eigenvalue weighted by Crippen LogP contribution is -2.31. The number of ether oxygens (including phenoxy) is 1. The van der Waals surface area contributed by atoms with E-state index < -0.39 is 0 Å². The van der Waals surface area contributed by atoms with Gasteiger partial charge in [0.05, 0.1) is 23.3 Å². The maximum Gasteiger partial charge on any atom is 0.272 e. The number of hydrogen-bond donors (Lipinski definition) is 0. The highest BCUT2D eigenvalue weighted by Gasteiger charge is 2.41. The molecule has 0 bridgehead atoms. The average Bonchev–Trinajstić information content (AvgIpc) is 3.00. The first-order valence-corrected chi connectivity index (χ1v) is 10.5. The van der Waals surface area contributed by atoms with Crippen LogP contribution in [-0.2, 0) is 9.59 Å². The number of halogens is 1. The molecular weight excluding hydrogens is 418 g/mol. The maximum absolute atomic E-state index is 13.5. The van der Waals surface area contributed by atoms with E-state index in [4.69, 9.17) is 16.3 Å². The summed E-state index contributed by atoms with van der Waals surface area (Å²) in [7, 11) is 1.55. The Morgan fingerprint density at radius 3 is 2.20 bits per heavy atom. The van der Waals surface area contributed by atoms with E-state index in [1.807, 2.05) is 43.3 Å². The van der Waals surface area contributed by atoms with Gasteiger partial charge in [0.15, 0.2) is 0 Å². The minimum Gasteiger partial charge on any atom is -0.496 e. The number of amides is 2. The molecule has 0 fully saturated rings. The molecular formula is C24H18ClNO3S. The first-order chi connectivity index (χ1) is 14.5. The first-order valence-electron chi connectivity index (χ1n) is 9.26. The van der Waals surface area contributed by atoms with Crippen LogP contribution in [0.15, 0.2) is 82.6 Å². The van der Waals surface area contributed by atoms with Gasteiger partial charge in [0.1, 0.15) is 5.75 Å². The zero-order valence-corrected chi connectivity index (χ0v) is 18.0. The molecule has 1 heterocycles. The molecule has 3 aromatic rings. The van der Waals surface area contributed by atoms with Crippen molar-refractivity contribution in [2.24, 2.45) is 0 Å². The predicted octanol–water partition coefficient (Wildman–Crippen LogP) is 5.73. The number of imide groups is 1. The lowest BCUT2D eigenvalue weighted by Gasteiger charge is -2.15. The van der Waals surface area contributed by atoms with Crippen LogP contribution in [0.1, 0.15) is 11.1 Å². The molecule has 0 saturated heterocycles. The van der Waals surface area contributed by atoms with Gasteiger partial charge in [-0.3, -0.25) is 9.59 Å². The largest absolute Gasteiger partial charge is 0.496 e. The number of carbonyl (C=O) groups excluding carboxylic acids is 2. The van der Waals surface area contributed by atoms with Crippen molar-refractivity contribution in [1.29, 1.82) is 0 Å². The van der Waals surface area contributed by atoms with Crippen LogP contribution in [0.2, 0.25) is 5.02 Å². The van der Waals surface area contributed by atoms with Crippen molar-refractivity contribution >= 4 is 46.4 Å². The topological polar surface area (TPSA) is 46.6 Å². The van der Waals surface area contributed by atoms with E-state index >= 15 is 0 Å². The fourth-order valence-electron chi connectivity index (χ4n) is 3.24. The number of aryl methyl sites for hydroxylation is 1. The third-order valence-electron chi connectivity index (χ3n) is 4.74. The van der Waals surface area contributed by atoms with Crippen LogP contribution < -0.4 is 9.64 Å². The van der Waals surface area contributed by atoms with Crippen LogP contribution in [0.3, 0.4) is 0 Å². The summed E-state index contributed by atoms with van der Waals surface area (Å²) < 4.78 is 5.47. The van der Waals surface area contributed by atoms with Crippen LogP contribution in [0.4, 0.5) is 5.69 Å². The molecule has 1 aliphatic rings. The molecule has 150 valence electrons. The van der Waals surface area contributed by atoms with Gasteiger partial charge >= 0.3 is 0 Å². The van der Waals surface area contributed by atoms with Gasteiger partial charge in [-0.25, -0.2) is 4.90 Å². The van der Waals surface area contributed by atoms with E-state index in [1.54, 1.807) is 43.5 Å². The minimum atomic E-state index is -0.371. The molecule has 0 atom stereocenters. The molecule has 0 N–H and O–H groups in total. The van der Waals surface area contributed by atoms with Crippen molar-refractivity contribution in [3.05, 3.63) is 93.9 Å². The van der Waals surface area contributed by atoms with Crippen LogP contribution in [0, 0.1) is 6.92 Å². The number of rotatable bonds is 5. The minimum absolute atomic E-state index is 0.331. The number of nitrogens with zero attached hydrogens (tertiary/aromatic N) is 1. The third kappa shape index (κ3) is 3.74. The zero-order chi connectivity index (χ0) is 21.3. The molecule has 1 aliphatic heterocycles. The highest BCUT2D eigenvalue weighted by molar-refractivity contribution is 8.04. The molecule has 6 heteroatoms. The van der Waals surface area contributed by atoms with Crippen molar-refractivity contribution in [1.82, 2.24) is 0 Å². The molecule has 0 unspecified atom stereocenters. The third-order valence-corrected chi connectivity index (χ3v) is 6.09. The Balaban J connectivity index is 1.85. The molecule has 4 nitrogen and oxygen atoms in total. The van der Waals surface area contributed by atoms with Crippen molar-refractivity contribution in [2.75, 3.05) is 12.0 Å². The molecule has 0 aromatic heterocycles. The number of benzene rings is 3. The molecule has 0 saturated carbocycles. The summed E-state index contributed by atoms with van der Waals surface area (Å²) in [5.74, 6) is -0.192. The zero-order valence-electron chi connectivity index (χ0n) is 16.4. The number of carbonyl (C=O) groups is 2. The predicted molar refractivity (Wildman–Crippen MR) is 121 cm³/mol. The molecule has 3 aromatic carbocycles. The van der Waals surface area contributed by atoms with Gasteiger partial charge in [-0.2, -0.15) is 0 Å². The Morgan fingerprint density at radius 1 is 0.867 bits per heavy atom. The fraction of sp³-hybridized carbons (Fsp3) is 0.0833. The number of para-hydroxylation sites is 1. The van der Waals surface area contributed by atoms with Gasteiger partial charge in [-0.1, -0.05) is 59.3 Å². The summed E-state index contributed by atoms with van der Waals surface area (Å²) in [6.07, 6.45) is 0. The van der Waals surface area contributed by atoms with Crippen molar-refractivity contribution in [3.8, 4) is 5.75 Å². The van der Waals surface area contributed by atoms with Crippen LogP contribution in [-0.4, -0.2) is 18.9 Å². The monoisotopic (exact) mass is 435 g/mol. The lowest BCUT2D eigenvalue weighted by molar-refractivity contribution is -0.119. The summed E-state index contributed by atoms with van der Waals surface area (Å²) in [6, 6.07) is 21.7. The summed E-state index contributed by atoms with van der Waals surface area (Å²) in [4.78, 5) is 29.3. The van der Waals surface area contributed by atoms with Crippen LogP contribution >= 0.6 is 23.4 Å². The Bertz CT molecular complexity index is 1150. The number of hydrogen-bond acceptors (Lipinski definition) is 4. The highest BCUT2D eigenvalue weighted by Crippen LogP contribution is 2.43. The Morgan fingerprint density at radius 2 is 1.53 bits per heavy atom. The van der Waals surface area contributed by atoms with Gasteiger partial charge in [-0.05, 0) is 49.4 Å². The number of methoxy groups -OCH3 is 1. The maximum atomic E-state index is 13.5. The second-order valence-electron chi connectivity index (χ2n) is 6.74. The lowest BCUT2D eigenvalue weighted by atomic mass is 10.0. The normalized spacial score (nSPS) is 13.9. The Hall–Kier alpha value is -3.02. The van der Waals surface area contributed by atoms with Crippen molar-refractivity contribution < 1.29 is 14.3 Å². The SMILES string of the molecule is COc1ccccc1C1=C(Sc2ccc(Cl)cc2)C(=O)N(c2ccc(C)cc2)C1=O. The van der Waals surface area contributed by atoms with E-state index in [-0.39, 0.29) is 11.8 Å². The average molecular weight is 436 g/mol. The molecule has 0 spiro atoms. The second-order valence-corrected chi connectivity index (χ2v) is 8.26. The summed E-state index contributed by atoms with van der Waals surface area (Å²) in [5, 5.41) is 0.605. The summed E-state index contributed by atoms with van der Waals surface area (Å²) in [6.45, 7) is 1.96. The smallest absolute Gasteiger partial charge is 0.272 e. The van der Waals surface area contributed by atoms with E-state index in [0.29, 0.717) is 32.5 Å². The van der Waals surface area contributed by atoms with E-state index in [0.717, 1.165) is 10.5 Å². The van der Waals surface area contributed by atoms with Gasteiger partial charge in [0, 0.05) is 15.5 Å². The van der Waals surface area contributed by atoms with E-state index in [2.05, 4.69) is 0 Å². The van der Waals surface area contributed by atoms with Gasteiger partial charge < -0.3 is 4.74 Å². The van der Waals surface area contributed by atoms with Crippen LogP contribution in [0.5, 0.6) is 5.75 Å². The molecule has 30 heavy (non-hydrogen) atoms. The van der Waals surface area contributed by atoms with E-state index in [1.165, 1.54) is 16.7 Å². The van der Waals surface area contributed by atoms with E-state index in [9.17, 15) is 9.59 Å². The fourth-order valence-corrected chi connectivity index (χ4v) is 4.35. The first kappa shape index (κ1) is 20.3. The quantitative estimate of drug-likeness (QED) is 0.480. The molecule has 0 aliphatic carbocycles. The van der Waals surface area contributed by atoms with Gasteiger partial charge in [0.2, 0.25) is 0 Å². The molecule has 4 rings (SSSR count). The number of anilines is 1. The highest BCUT2D eigenvalue weighted by atomic mass is 35.5. The Kier molecular flexibility index (Phi) is 5.66. The van der Waals surface area contributed by atoms with Gasteiger partial charge in [0.25, 0.3) is 11.8 Å². The van der Waals surface area contributed by atoms with Crippen molar-refractivity contribution in [2.45, 2.75) is 11.8 Å². The van der Waals surface area contributed by atoms with Gasteiger partial charge in [-0.15, -0.1) is 0 Å². The number of thioether (sulfide) groups is 1. The Labute approximate surface area is 184 Å². The molecule has 0 radical (unpaired) electrons. The van der Waals surface area contributed by atoms with Crippen molar-refractivity contribution in [3.63, 3.8) is 0 Å². The summed E-state index contributed by atoms with van der Waals surface area (Å²) >= 11 is 7.24.